The van der Waals surface area contributed by atoms with E-state index in [1.807, 2.05) is 0 Å². The van der Waals surface area contributed by atoms with E-state index in [2.05, 4.69) is 4.74 Å². The summed E-state index contributed by atoms with van der Waals surface area (Å²) >= 11 is 11.9. The van der Waals surface area contributed by atoms with Crippen LogP contribution in [-0.4, -0.2) is 36.3 Å². The number of benzene rings is 2. The molecular formula is C21H19Cl2F2NO3. The highest BCUT2D eigenvalue weighted by atomic mass is 35.5. The molecule has 0 spiro atoms. The number of likely N-dealkylation sites (tertiary alicyclic amines) is 1. The Morgan fingerprint density at radius 1 is 1.03 bits per heavy atom. The fourth-order valence-corrected chi connectivity index (χ4v) is 3.65. The molecule has 1 aliphatic heterocycles. The lowest BCUT2D eigenvalue weighted by molar-refractivity contribution is -0.131. The Morgan fingerprint density at radius 2 is 1.69 bits per heavy atom. The molecule has 0 N–H and O–H groups in total. The van der Waals surface area contributed by atoms with Crippen molar-refractivity contribution in [3.63, 3.8) is 0 Å². The van der Waals surface area contributed by atoms with Crippen LogP contribution < -0.4 is 4.74 Å². The molecule has 1 saturated heterocycles. The number of halogens is 4. The van der Waals surface area contributed by atoms with Gasteiger partial charge in [-0.2, -0.15) is 8.78 Å². The van der Waals surface area contributed by atoms with E-state index in [-0.39, 0.29) is 29.8 Å². The van der Waals surface area contributed by atoms with E-state index in [1.165, 1.54) is 12.1 Å². The molecule has 0 aliphatic carbocycles. The Hall–Kier alpha value is -2.18. The van der Waals surface area contributed by atoms with Crippen LogP contribution in [0.5, 0.6) is 5.75 Å². The van der Waals surface area contributed by atoms with Gasteiger partial charge >= 0.3 is 6.61 Å². The third-order valence-electron chi connectivity index (χ3n) is 4.93. The van der Waals surface area contributed by atoms with E-state index in [0.717, 1.165) is 0 Å². The standard InChI is InChI=1S/C21H19Cl2F2NO3/c22-17-6-3-15(12-18(17)23)20(28)14-7-9-26(10-8-14)19(27)11-13-1-4-16(5-2-13)29-21(24)25/h1-6,12,14,21H,7-11H2. The quantitative estimate of drug-likeness (QED) is 0.574. The molecule has 0 saturated carbocycles. The number of ketones is 1. The third-order valence-corrected chi connectivity index (χ3v) is 5.67. The number of carbonyl (C=O) groups is 2. The highest BCUT2D eigenvalue weighted by Gasteiger charge is 2.28. The van der Waals surface area contributed by atoms with Crippen molar-refractivity contribution < 1.29 is 23.1 Å². The van der Waals surface area contributed by atoms with Gasteiger partial charge in [0, 0.05) is 24.6 Å². The molecule has 0 aromatic heterocycles. The van der Waals surface area contributed by atoms with Crippen molar-refractivity contribution in [1.82, 2.24) is 4.90 Å². The molecule has 4 nitrogen and oxygen atoms in total. The molecule has 1 fully saturated rings. The number of piperidine rings is 1. The molecule has 3 rings (SSSR count). The van der Waals surface area contributed by atoms with Crippen LogP contribution in [0.4, 0.5) is 8.78 Å². The molecule has 8 heteroatoms. The van der Waals surface area contributed by atoms with E-state index in [0.29, 0.717) is 47.1 Å². The van der Waals surface area contributed by atoms with E-state index < -0.39 is 6.61 Å². The van der Waals surface area contributed by atoms with Crippen LogP contribution in [0.25, 0.3) is 0 Å². The van der Waals surface area contributed by atoms with Crippen molar-refractivity contribution in [2.45, 2.75) is 25.9 Å². The van der Waals surface area contributed by atoms with Crippen LogP contribution in [0.2, 0.25) is 10.0 Å². The molecule has 2 aromatic carbocycles. The first-order valence-electron chi connectivity index (χ1n) is 9.14. The van der Waals surface area contributed by atoms with Gasteiger partial charge in [-0.1, -0.05) is 35.3 Å². The molecule has 0 atom stereocenters. The zero-order valence-electron chi connectivity index (χ0n) is 15.4. The average molecular weight is 442 g/mol. The third kappa shape index (κ3) is 5.67. The topological polar surface area (TPSA) is 46.6 Å². The molecule has 154 valence electrons. The normalized spacial score (nSPS) is 14.9. The molecule has 0 bridgehead atoms. The Morgan fingerprint density at radius 3 is 2.28 bits per heavy atom. The zero-order chi connectivity index (χ0) is 21.0. The van der Waals surface area contributed by atoms with Crippen LogP contribution in [0.3, 0.4) is 0 Å². The fraction of sp³-hybridized carbons (Fsp3) is 0.333. The second-order valence-corrected chi connectivity index (χ2v) is 7.66. The number of hydrogen-bond donors (Lipinski definition) is 0. The molecule has 2 aromatic rings. The van der Waals surface area contributed by atoms with Gasteiger partial charge in [-0.05, 0) is 48.7 Å². The first kappa shape index (κ1) is 21.5. The Labute approximate surface area is 177 Å². The van der Waals surface area contributed by atoms with Gasteiger partial charge in [0.05, 0.1) is 16.5 Å². The molecule has 1 heterocycles. The first-order chi connectivity index (χ1) is 13.8. The summed E-state index contributed by atoms with van der Waals surface area (Å²) in [6, 6.07) is 10.9. The molecule has 0 unspecified atom stereocenters. The number of hydrogen-bond acceptors (Lipinski definition) is 3. The SMILES string of the molecule is O=C(c1ccc(Cl)c(Cl)c1)C1CCN(C(=O)Cc2ccc(OC(F)F)cc2)CC1. The van der Waals surface area contributed by atoms with Gasteiger partial charge in [0.2, 0.25) is 5.91 Å². The van der Waals surface area contributed by atoms with Crippen molar-refractivity contribution in [1.29, 1.82) is 0 Å². The minimum atomic E-state index is -2.88. The molecular weight excluding hydrogens is 423 g/mol. The summed E-state index contributed by atoms with van der Waals surface area (Å²) in [5, 5.41) is 0.743. The number of alkyl halides is 2. The predicted octanol–water partition coefficient (Wildman–Crippen LogP) is 5.26. The second-order valence-electron chi connectivity index (χ2n) is 6.85. The molecule has 1 aliphatic rings. The number of amides is 1. The lowest BCUT2D eigenvalue weighted by atomic mass is 9.88. The largest absolute Gasteiger partial charge is 0.435 e. The summed E-state index contributed by atoms with van der Waals surface area (Å²) < 4.78 is 28.7. The highest BCUT2D eigenvalue weighted by Crippen LogP contribution is 2.27. The van der Waals surface area contributed by atoms with Gasteiger partial charge in [-0.3, -0.25) is 9.59 Å². The van der Waals surface area contributed by atoms with Crippen LogP contribution in [0.15, 0.2) is 42.5 Å². The highest BCUT2D eigenvalue weighted by molar-refractivity contribution is 6.42. The maximum absolute atomic E-state index is 12.7. The Balaban J connectivity index is 1.52. The van der Waals surface area contributed by atoms with E-state index in [9.17, 15) is 18.4 Å². The maximum Gasteiger partial charge on any atom is 0.387 e. The zero-order valence-corrected chi connectivity index (χ0v) is 16.9. The monoisotopic (exact) mass is 441 g/mol. The van der Waals surface area contributed by atoms with Gasteiger partial charge in [0.25, 0.3) is 0 Å². The van der Waals surface area contributed by atoms with Crippen molar-refractivity contribution in [3.05, 3.63) is 63.6 Å². The summed E-state index contributed by atoms with van der Waals surface area (Å²) in [5.41, 5.74) is 1.24. The average Bonchev–Trinajstić information content (AvgIpc) is 2.70. The number of carbonyl (C=O) groups excluding carboxylic acids is 2. The molecule has 0 radical (unpaired) electrons. The summed E-state index contributed by atoms with van der Waals surface area (Å²) in [4.78, 5) is 26.9. The van der Waals surface area contributed by atoms with Crippen LogP contribution in [0.1, 0.15) is 28.8 Å². The fourth-order valence-electron chi connectivity index (χ4n) is 3.35. The van der Waals surface area contributed by atoms with E-state index in [1.54, 1.807) is 35.2 Å². The lowest BCUT2D eigenvalue weighted by Gasteiger charge is -2.31. The minimum Gasteiger partial charge on any atom is -0.435 e. The van der Waals surface area contributed by atoms with Gasteiger partial charge in [0.1, 0.15) is 5.75 Å². The van der Waals surface area contributed by atoms with Gasteiger partial charge in [-0.25, -0.2) is 0 Å². The Kier molecular flexibility index (Phi) is 7.09. The summed E-state index contributed by atoms with van der Waals surface area (Å²) in [6.07, 6.45) is 1.32. The summed E-state index contributed by atoms with van der Waals surface area (Å²) in [6.45, 7) is -1.90. The smallest absolute Gasteiger partial charge is 0.387 e. The van der Waals surface area contributed by atoms with Crippen molar-refractivity contribution in [2.75, 3.05) is 13.1 Å². The van der Waals surface area contributed by atoms with E-state index >= 15 is 0 Å². The summed E-state index contributed by atoms with van der Waals surface area (Å²) in [7, 11) is 0. The van der Waals surface area contributed by atoms with Crippen molar-refractivity contribution >= 4 is 34.9 Å². The van der Waals surface area contributed by atoms with Crippen molar-refractivity contribution in [2.24, 2.45) is 5.92 Å². The van der Waals surface area contributed by atoms with Crippen molar-refractivity contribution in [3.8, 4) is 5.75 Å². The number of rotatable bonds is 6. The van der Waals surface area contributed by atoms with Gasteiger partial charge < -0.3 is 9.64 Å². The second kappa shape index (κ2) is 9.55. The maximum atomic E-state index is 12.7. The van der Waals surface area contributed by atoms with Gasteiger partial charge in [-0.15, -0.1) is 0 Å². The van der Waals surface area contributed by atoms with Gasteiger partial charge in [0.15, 0.2) is 5.78 Å². The van der Waals surface area contributed by atoms with Crippen LogP contribution >= 0.6 is 23.2 Å². The van der Waals surface area contributed by atoms with Crippen LogP contribution in [-0.2, 0) is 11.2 Å². The Bertz CT molecular complexity index is 882. The van der Waals surface area contributed by atoms with E-state index in [4.69, 9.17) is 23.2 Å². The lowest BCUT2D eigenvalue weighted by Crippen LogP contribution is -2.41. The minimum absolute atomic E-state index is 0.00489. The number of nitrogens with zero attached hydrogens (tertiary/aromatic N) is 1. The first-order valence-corrected chi connectivity index (χ1v) is 9.90. The number of ether oxygens (including phenoxy) is 1. The number of Topliss-reactive ketones (excluding diaryl/α,β-unsaturated/α-hetero) is 1. The molecule has 29 heavy (non-hydrogen) atoms. The predicted molar refractivity (Wildman–Crippen MR) is 107 cm³/mol. The molecule has 1 amide bonds. The van der Waals surface area contributed by atoms with Crippen LogP contribution in [0, 0.1) is 5.92 Å². The summed E-state index contributed by atoms with van der Waals surface area (Å²) in [5.74, 6) is -0.168.